The molecule has 0 radical (unpaired) electrons. The molecule has 1 aromatic carbocycles. The number of carbonyl (C=O) groups excluding carboxylic acids is 3. The SMILES string of the molecule is O=C1C(=O)C(Br)(Br)C(=O)c2ccccc21. The highest BCUT2D eigenvalue weighted by Crippen LogP contribution is 2.37. The van der Waals surface area contributed by atoms with Gasteiger partial charge >= 0.3 is 0 Å². The lowest BCUT2D eigenvalue weighted by atomic mass is 9.89. The third kappa shape index (κ3) is 1.41. The average molecular weight is 332 g/mol. The standard InChI is InChI=1S/C10H4Br2O3/c11-10(12)8(14)6-4-2-1-3-5(6)7(13)9(10)15/h1-4H. The fraction of sp³-hybridized carbons (Fsp3) is 0.100. The van der Waals surface area contributed by atoms with E-state index >= 15 is 0 Å². The smallest absolute Gasteiger partial charge is 0.238 e. The first-order valence-electron chi connectivity index (χ1n) is 4.07. The third-order valence-corrected chi connectivity index (χ3v) is 3.63. The molecular weight excluding hydrogens is 328 g/mol. The lowest BCUT2D eigenvalue weighted by Gasteiger charge is -2.23. The lowest BCUT2D eigenvalue weighted by Crippen LogP contribution is -2.44. The number of halogens is 2. The fourth-order valence-corrected chi connectivity index (χ4v) is 2.20. The maximum Gasteiger partial charge on any atom is 0.238 e. The molecule has 0 aromatic heterocycles. The Morgan fingerprint density at radius 1 is 0.867 bits per heavy atom. The molecule has 0 N–H and O–H groups in total. The van der Waals surface area contributed by atoms with Gasteiger partial charge in [-0.2, -0.15) is 0 Å². The zero-order valence-electron chi connectivity index (χ0n) is 7.29. The molecule has 0 heterocycles. The van der Waals surface area contributed by atoms with E-state index in [0.29, 0.717) is 0 Å². The monoisotopic (exact) mass is 330 g/mol. The molecule has 1 aromatic rings. The highest BCUT2D eigenvalue weighted by atomic mass is 79.9. The molecule has 1 aliphatic rings. The van der Waals surface area contributed by atoms with Crippen LogP contribution >= 0.6 is 31.9 Å². The van der Waals surface area contributed by atoms with Gasteiger partial charge < -0.3 is 0 Å². The second-order valence-corrected chi connectivity index (χ2v) is 6.55. The molecule has 0 fully saturated rings. The molecule has 2 rings (SSSR count). The molecule has 0 saturated heterocycles. The van der Waals surface area contributed by atoms with Gasteiger partial charge in [-0.05, 0) is 0 Å². The molecule has 0 saturated carbocycles. The first kappa shape index (κ1) is 10.7. The fourth-order valence-electron chi connectivity index (χ4n) is 1.42. The van der Waals surface area contributed by atoms with Gasteiger partial charge in [-0.1, -0.05) is 56.1 Å². The number of hydrogen-bond donors (Lipinski definition) is 0. The van der Waals surface area contributed by atoms with E-state index in [1.54, 1.807) is 12.1 Å². The van der Waals surface area contributed by atoms with E-state index in [4.69, 9.17) is 0 Å². The van der Waals surface area contributed by atoms with E-state index in [9.17, 15) is 14.4 Å². The van der Waals surface area contributed by atoms with Crippen molar-refractivity contribution in [1.29, 1.82) is 0 Å². The Bertz CT molecular complexity index is 491. The van der Waals surface area contributed by atoms with Crippen LogP contribution < -0.4 is 0 Å². The van der Waals surface area contributed by atoms with Crippen LogP contribution in [0.3, 0.4) is 0 Å². The van der Waals surface area contributed by atoms with Crippen LogP contribution in [0, 0.1) is 0 Å². The summed E-state index contributed by atoms with van der Waals surface area (Å²) in [5.74, 6) is -1.88. The molecule has 0 amide bonds. The molecular formula is C10H4Br2O3. The number of fused-ring (bicyclic) bond motifs is 1. The normalized spacial score (nSPS) is 18.9. The first-order valence-corrected chi connectivity index (χ1v) is 5.65. The van der Waals surface area contributed by atoms with Crippen molar-refractivity contribution in [3.8, 4) is 0 Å². The summed E-state index contributed by atoms with van der Waals surface area (Å²) in [6.07, 6.45) is 0. The zero-order valence-corrected chi connectivity index (χ0v) is 10.5. The van der Waals surface area contributed by atoms with E-state index in [1.807, 2.05) is 0 Å². The minimum absolute atomic E-state index is 0.169. The molecule has 0 bridgehead atoms. The Kier molecular flexibility index (Phi) is 2.39. The lowest BCUT2D eigenvalue weighted by molar-refractivity contribution is -0.114. The number of Topliss-reactive ketones (excluding diaryl/α,β-unsaturated/α-hetero) is 3. The van der Waals surface area contributed by atoms with Crippen molar-refractivity contribution in [3.05, 3.63) is 35.4 Å². The first-order chi connectivity index (χ1) is 6.96. The number of ketones is 3. The second-order valence-electron chi connectivity index (χ2n) is 3.11. The third-order valence-electron chi connectivity index (χ3n) is 2.19. The molecule has 1 aliphatic carbocycles. The largest absolute Gasteiger partial charge is 0.291 e. The number of rotatable bonds is 0. The Balaban J connectivity index is 2.74. The summed E-state index contributed by atoms with van der Waals surface area (Å²) in [6.45, 7) is 0. The van der Waals surface area contributed by atoms with Gasteiger partial charge in [0.05, 0.1) is 0 Å². The minimum atomic E-state index is -1.59. The molecule has 76 valence electrons. The Labute approximate surface area is 102 Å². The summed E-state index contributed by atoms with van der Waals surface area (Å²) >= 11 is 5.86. The van der Waals surface area contributed by atoms with Gasteiger partial charge in [0.1, 0.15) is 0 Å². The van der Waals surface area contributed by atoms with Crippen molar-refractivity contribution in [3.63, 3.8) is 0 Å². The summed E-state index contributed by atoms with van der Waals surface area (Å²) in [7, 11) is 0. The summed E-state index contributed by atoms with van der Waals surface area (Å²) in [6, 6.07) is 6.27. The van der Waals surface area contributed by atoms with E-state index in [-0.39, 0.29) is 11.1 Å². The topological polar surface area (TPSA) is 51.2 Å². The van der Waals surface area contributed by atoms with Gasteiger partial charge in [0.25, 0.3) is 0 Å². The van der Waals surface area contributed by atoms with Crippen molar-refractivity contribution >= 4 is 49.2 Å². The van der Waals surface area contributed by atoms with Gasteiger partial charge in [0.15, 0.2) is 5.78 Å². The van der Waals surface area contributed by atoms with Gasteiger partial charge in [-0.15, -0.1) is 0 Å². The number of carbonyl (C=O) groups is 3. The average Bonchev–Trinajstić information content (AvgIpc) is 2.24. The Morgan fingerprint density at radius 3 is 2.00 bits per heavy atom. The second kappa shape index (κ2) is 3.35. The Morgan fingerprint density at radius 2 is 1.40 bits per heavy atom. The van der Waals surface area contributed by atoms with Crippen molar-refractivity contribution < 1.29 is 14.4 Å². The quantitative estimate of drug-likeness (QED) is 0.415. The van der Waals surface area contributed by atoms with E-state index in [0.717, 1.165) is 0 Å². The molecule has 3 nitrogen and oxygen atoms in total. The maximum absolute atomic E-state index is 11.8. The maximum atomic E-state index is 11.8. The predicted octanol–water partition coefficient (Wildman–Crippen LogP) is 2.12. The number of hydrogen-bond acceptors (Lipinski definition) is 3. The van der Waals surface area contributed by atoms with Crippen LogP contribution in [-0.4, -0.2) is 20.6 Å². The van der Waals surface area contributed by atoms with E-state index < -0.39 is 20.6 Å². The highest BCUT2D eigenvalue weighted by molar-refractivity contribution is 9.26. The zero-order chi connectivity index (χ0) is 11.2. The number of benzene rings is 1. The van der Waals surface area contributed by atoms with Crippen LogP contribution in [0.2, 0.25) is 0 Å². The van der Waals surface area contributed by atoms with Crippen LogP contribution in [0.1, 0.15) is 20.7 Å². The highest BCUT2D eigenvalue weighted by Gasteiger charge is 2.50. The van der Waals surface area contributed by atoms with Crippen LogP contribution in [0.5, 0.6) is 0 Å². The molecule has 15 heavy (non-hydrogen) atoms. The van der Waals surface area contributed by atoms with Crippen LogP contribution in [-0.2, 0) is 4.79 Å². The molecule has 0 spiro atoms. The van der Waals surface area contributed by atoms with Crippen LogP contribution in [0.25, 0.3) is 0 Å². The Hall–Kier alpha value is -0.810. The van der Waals surface area contributed by atoms with Crippen molar-refractivity contribution in [1.82, 2.24) is 0 Å². The van der Waals surface area contributed by atoms with Gasteiger partial charge in [0.2, 0.25) is 14.8 Å². The van der Waals surface area contributed by atoms with Gasteiger partial charge in [-0.25, -0.2) is 0 Å². The van der Waals surface area contributed by atoms with E-state index in [2.05, 4.69) is 31.9 Å². The van der Waals surface area contributed by atoms with Crippen LogP contribution in [0.15, 0.2) is 24.3 Å². The van der Waals surface area contributed by atoms with Crippen molar-refractivity contribution in [2.75, 3.05) is 0 Å². The van der Waals surface area contributed by atoms with Crippen molar-refractivity contribution in [2.24, 2.45) is 0 Å². The van der Waals surface area contributed by atoms with E-state index in [1.165, 1.54) is 12.1 Å². The van der Waals surface area contributed by atoms with Crippen molar-refractivity contribution in [2.45, 2.75) is 3.23 Å². The molecule has 0 unspecified atom stereocenters. The van der Waals surface area contributed by atoms with Crippen LogP contribution in [0.4, 0.5) is 0 Å². The van der Waals surface area contributed by atoms with Gasteiger partial charge in [0, 0.05) is 11.1 Å². The minimum Gasteiger partial charge on any atom is -0.291 e. The molecule has 0 aliphatic heterocycles. The molecule has 5 heteroatoms. The predicted molar refractivity (Wildman–Crippen MR) is 60.7 cm³/mol. The summed E-state index contributed by atoms with van der Waals surface area (Å²) < 4.78 is -1.59. The van der Waals surface area contributed by atoms with Gasteiger partial charge in [-0.3, -0.25) is 14.4 Å². The number of alkyl halides is 2. The summed E-state index contributed by atoms with van der Waals surface area (Å²) in [5.41, 5.74) is 0.429. The summed E-state index contributed by atoms with van der Waals surface area (Å²) in [5, 5.41) is 0. The summed E-state index contributed by atoms with van der Waals surface area (Å²) in [4.78, 5) is 35.0. The molecule has 0 atom stereocenters.